The summed E-state index contributed by atoms with van der Waals surface area (Å²) in [6.45, 7) is 6.34. The van der Waals surface area contributed by atoms with Crippen LogP contribution in [0.1, 0.15) is 26.2 Å². The second-order valence-electron chi connectivity index (χ2n) is 5.48. The molecule has 0 aromatic rings. The molecule has 2 saturated heterocycles. The Morgan fingerprint density at radius 3 is 2.71 bits per heavy atom. The highest BCUT2D eigenvalue weighted by molar-refractivity contribution is 7.90. The molecular formula is C12H24N2O2S. The third-order valence-electron chi connectivity index (χ3n) is 4.13. The number of piperazine rings is 1. The van der Waals surface area contributed by atoms with E-state index >= 15 is 0 Å². The Morgan fingerprint density at radius 2 is 2.06 bits per heavy atom. The van der Waals surface area contributed by atoms with E-state index in [9.17, 15) is 8.42 Å². The predicted octanol–water partition coefficient (Wildman–Crippen LogP) is 0.590. The quantitative estimate of drug-likeness (QED) is 0.742. The van der Waals surface area contributed by atoms with E-state index in [2.05, 4.69) is 16.7 Å². The molecule has 0 bridgehead atoms. The summed E-state index contributed by atoms with van der Waals surface area (Å²) < 4.78 is 22.5. The van der Waals surface area contributed by atoms with Gasteiger partial charge in [0.1, 0.15) is 9.84 Å². The van der Waals surface area contributed by atoms with Gasteiger partial charge in [0.2, 0.25) is 0 Å². The molecule has 2 fully saturated rings. The van der Waals surface area contributed by atoms with E-state index in [0.717, 1.165) is 19.5 Å². The zero-order valence-corrected chi connectivity index (χ0v) is 11.7. The third-order valence-corrected chi connectivity index (χ3v) is 5.05. The molecule has 2 heterocycles. The van der Waals surface area contributed by atoms with Gasteiger partial charge in [-0.25, -0.2) is 8.42 Å². The number of hydrogen-bond donors (Lipinski definition) is 0. The molecule has 0 spiro atoms. The van der Waals surface area contributed by atoms with Crippen LogP contribution in [-0.2, 0) is 9.84 Å². The van der Waals surface area contributed by atoms with Crippen molar-refractivity contribution in [3.63, 3.8) is 0 Å². The van der Waals surface area contributed by atoms with E-state index in [1.165, 1.54) is 25.6 Å². The number of nitrogens with zero attached hydrogens (tertiary/aromatic N) is 2. The molecule has 100 valence electrons. The third kappa shape index (κ3) is 3.42. The molecule has 0 radical (unpaired) electrons. The molecule has 2 atom stereocenters. The largest absolute Gasteiger partial charge is 0.298 e. The van der Waals surface area contributed by atoms with Gasteiger partial charge in [-0.1, -0.05) is 6.92 Å². The topological polar surface area (TPSA) is 40.6 Å². The van der Waals surface area contributed by atoms with Crippen LogP contribution in [0.5, 0.6) is 0 Å². The van der Waals surface area contributed by atoms with E-state index in [1.807, 2.05) is 0 Å². The lowest BCUT2D eigenvalue weighted by Crippen LogP contribution is -2.56. The number of fused-ring (bicyclic) bond motifs is 1. The zero-order chi connectivity index (χ0) is 12.5. The Balaban J connectivity index is 1.94. The first-order valence-electron chi connectivity index (χ1n) is 6.65. The van der Waals surface area contributed by atoms with Gasteiger partial charge in [-0.3, -0.25) is 9.80 Å². The van der Waals surface area contributed by atoms with Crippen LogP contribution in [0.4, 0.5) is 0 Å². The Hall–Kier alpha value is -0.130. The molecule has 0 aliphatic carbocycles. The van der Waals surface area contributed by atoms with Crippen molar-refractivity contribution in [2.75, 3.05) is 38.2 Å². The molecule has 5 heteroatoms. The summed E-state index contributed by atoms with van der Waals surface area (Å²) in [6, 6.07) is 1.23. The molecule has 0 aromatic carbocycles. The van der Waals surface area contributed by atoms with Gasteiger partial charge in [0, 0.05) is 38.0 Å². The predicted molar refractivity (Wildman–Crippen MR) is 70.0 cm³/mol. The molecule has 0 saturated carbocycles. The van der Waals surface area contributed by atoms with Gasteiger partial charge < -0.3 is 0 Å². The number of sulfone groups is 1. The van der Waals surface area contributed by atoms with Crippen molar-refractivity contribution in [1.29, 1.82) is 0 Å². The van der Waals surface area contributed by atoms with Gasteiger partial charge >= 0.3 is 0 Å². The van der Waals surface area contributed by atoms with E-state index in [1.54, 1.807) is 0 Å². The van der Waals surface area contributed by atoms with Crippen LogP contribution in [0, 0.1) is 0 Å². The van der Waals surface area contributed by atoms with Crippen molar-refractivity contribution >= 4 is 9.84 Å². The van der Waals surface area contributed by atoms with Gasteiger partial charge in [0.05, 0.1) is 5.75 Å². The summed E-state index contributed by atoms with van der Waals surface area (Å²) in [6.07, 6.45) is 5.04. The summed E-state index contributed by atoms with van der Waals surface area (Å²) >= 11 is 0. The van der Waals surface area contributed by atoms with Crippen molar-refractivity contribution in [1.82, 2.24) is 9.80 Å². The van der Waals surface area contributed by atoms with Crippen LogP contribution in [0.2, 0.25) is 0 Å². The van der Waals surface area contributed by atoms with E-state index < -0.39 is 9.84 Å². The summed E-state index contributed by atoms with van der Waals surface area (Å²) in [4.78, 5) is 4.98. The minimum Gasteiger partial charge on any atom is -0.298 e. The van der Waals surface area contributed by atoms with Crippen LogP contribution >= 0.6 is 0 Å². The Labute approximate surface area is 105 Å². The minimum absolute atomic E-state index is 0.302. The van der Waals surface area contributed by atoms with Crippen molar-refractivity contribution in [2.45, 2.75) is 38.3 Å². The second kappa shape index (κ2) is 5.24. The van der Waals surface area contributed by atoms with Crippen LogP contribution in [0.3, 0.4) is 0 Å². The van der Waals surface area contributed by atoms with Crippen LogP contribution in [-0.4, -0.2) is 68.5 Å². The second-order valence-corrected chi connectivity index (χ2v) is 7.74. The molecule has 2 rings (SSSR count). The van der Waals surface area contributed by atoms with Crippen LogP contribution in [0.15, 0.2) is 0 Å². The summed E-state index contributed by atoms with van der Waals surface area (Å²) in [5, 5.41) is 0. The summed E-state index contributed by atoms with van der Waals surface area (Å²) in [5.74, 6) is 0.302. The number of hydrogen-bond acceptors (Lipinski definition) is 4. The van der Waals surface area contributed by atoms with Crippen molar-refractivity contribution in [3.8, 4) is 0 Å². The maximum atomic E-state index is 11.3. The van der Waals surface area contributed by atoms with Crippen LogP contribution in [0.25, 0.3) is 0 Å². The zero-order valence-electron chi connectivity index (χ0n) is 10.9. The smallest absolute Gasteiger partial charge is 0.148 e. The molecule has 0 N–H and O–H groups in total. The fourth-order valence-electron chi connectivity index (χ4n) is 3.09. The standard InChI is InChI=1S/C12H24N2O2S/c1-3-11-9-13-6-4-5-12(13)10-14(11)7-8-17(2,15)16/h11-12H,3-10H2,1-2H3. The first-order valence-corrected chi connectivity index (χ1v) is 8.71. The normalized spacial score (nSPS) is 31.6. The average molecular weight is 260 g/mol. The van der Waals surface area contributed by atoms with E-state index in [0.29, 0.717) is 24.4 Å². The first-order chi connectivity index (χ1) is 7.99. The summed E-state index contributed by atoms with van der Waals surface area (Å²) in [7, 11) is -2.83. The Bertz CT molecular complexity index is 356. The lowest BCUT2D eigenvalue weighted by molar-refractivity contribution is 0.0538. The van der Waals surface area contributed by atoms with E-state index in [-0.39, 0.29) is 0 Å². The van der Waals surface area contributed by atoms with Gasteiger partial charge in [0.25, 0.3) is 0 Å². The average Bonchev–Trinajstić information content (AvgIpc) is 2.70. The molecule has 2 aliphatic heterocycles. The summed E-state index contributed by atoms with van der Waals surface area (Å²) in [5.41, 5.74) is 0. The number of rotatable bonds is 4. The van der Waals surface area contributed by atoms with Crippen molar-refractivity contribution in [2.24, 2.45) is 0 Å². The van der Waals surface area contributed by atoms with Crippen molar-refractivity contribution in [3.05, 3.63) is 0 Å². The van der Waals surface area contributed by atoms with Gasteiger partial charge in [-0.2, -0.15) is 0 Å². The molecular weight excluding hydrogens is 236 g/mol. The molecule has 0 amide bonds. The maximum Gasteiger partial charge on any atom is 0.148 e. The lowest BCUT2D eigenvalue weighted by atomic mass is 10.1. The van der Waals surface area contributed by atoms with Gasteiger partial charge in [-0.05, 0) is 25.8 Å². The van der Waals surface area contributed by atoms with E-state index in [4.69, 9.17) is 0 Å². The maximum absolute atomic E-state index is 11.3. The Morgan fingerprint density at radius 1 is 1.29 bits per heavy atom. The van der Waals surface area contributed by atoms with Gasteiger partial charge in [-0.15, -0.1) is 0 Å². The molecule has 17 heavy (non-hydrogen) atoms. The van der Waals surface area contributed by atoms with Crippen molar-refractivity contribution < 1.29 is 8.42 Å². The fourth-order valence-corrected chi connectivity index (χ4v) is 3.66. The first kappa shape index (κ1) is 13.3. The highest BCUT2D eigenvalue weighted by atomic mass is 32.2. The fraction of sp³-hybridized carbons (Fsp3) is 1.00. The van der Waals surface area contributed by atoms with Crippen LogP contribution < -0.4 is 0 Å². The molecule has 2 aliphatic rings. The Kier molecular flexibility index (Phi) is 4.10. The molecule has 4 nitrogen and oxygen atoms in total. The van der Waals surface area contributed by atoms with Gasteiger partial charge in [0.15, 0.2) is 0 Å². The minimum atomic E-state index is -2.83. The molecule has 0 aromatic heterocycles. The SMILES string of the molecule is CCC1CN2CCCC2CN1CCS(C)(=O)=O. The lowest BCUT2D eigenvalue weighted by Gasteiger charge is -2.43. The molecule has 2 unspecified atom stereocenters. The monoisotopic (exact) mass is 260 g/mol. The highest BCUT2D eigenvalue weighted by Crippen LogP contribution is 2.25. The highest BCUT2D eigenvalue weighted by Gasteiger charge is 2.35.